The Bertz CT molecular complexity index is 245. The Balaban J connectivity index is 1.97. The first-order valence-electron chi connectivity index (χ1n) is 5.86. The number of amides is 1. The van der Waals surface area contributed by atoms with E-state index in [1.54, 1.807) is 0 Å². The molecule has 2 fully saturated rings. The first-order chi connectivity index (χ1) is 6.57. The van der Waals surface area contributed by atoms with Crippen molar-refractivity contribution in [2.45, 2.75) is 40.0 Å². The van der Waals surface area contributed by atoms with Crippen LogP contribution >= 0.6 is 0 Å². The van der Waals surface area contributed by atoms with Crippen LogP contribution in [0.3, 0.4) is 0 Å². The lowest BCUT2D eigenvalue weighted by molar-refractivity contribution is -0.135. The van der Waals surface area contributed by atoms with Crippen LogP contribution in [-0.4, -0.2) is 23.9 Å². The van der Waals surface area contributed by atoms with Crippen LogP contribution in [0, 0.1) is 17.3 Å². The second-order valence-electron chi connectivity index (χ2n) is 5.42. The lowest BCUT2D eigenvalue weighted by Gasteiger charge is -2.20. The van der Waals surface area contributed by atoms with E-state index in [1.165, 1.54) is 6.42 Å². The van der Waals surface area contributed by atoms with Gasteiger partial charge in [0.2, 0.25) is 5.91 Å². The van der Waals surface area contributed by atoms with Crippen LogP contribution in [0.5, 0.6) is 0 Å². The molecule has 1 heterocycles. The van der Waals surface area contributed by atoms with Crippen LogP contribution in [0.4, 0.5) is 0 Å². The molecule has 2 nitrogen and oxygen atoms in total. The maximum atomic E-state index is 12.1. The standard InChI is InChI=1S/C12H21NO/c1-4-10-8-13(7-9(10)2)11(14)12(3)5-6-12/h9-10H,4-8H2,1-3H3/t9-,10+/m1/s1. The van der Waals surface area contributed by atoms with Crippen molar-refractivity contribution in [3.05, 3.63) is 0 Å². The number of carbonyl (C=O) groups is 1. The van der Waals surface area contributed by atoms with Gasteiger partial charge in [0, 0.05) is 18.5 Å². The van der Waals surface area contributed by atoms with E-state index in [0.717, 1.165) is 31.8 Å². The van der Waals surface area contributed by atoms with E-state index in [-0.39, 0.29) is 5.41 Å². The Labute approximate surface area is 86.7 Å². The molecular weight excluding hydrogens is 174 g/mol. The fourth-order valence-corrected chi connectivity index (χ4v) is 2.51. The average molecular weight is 195 g/mol. The quantitative estimate of drug-likeness (QED) is 0.662. The molecule has 1 amide bonds. The van der Waals surface area contributed by atoms with Crippen molar-refractivity contribution in [3.8, 4) is 0 Å². The van der Waals surface area contributed by atoms with E-state index in [9.17, 15) is 4.79 Å². The van der Waals surface area contributed by atoms with Gasteiger partial charge in [0.05, 0.1) is 0 Å². The molecule has 14 heavy (non-hydrogen) atoms. The molecule has 1 saturated heterocycles. The zero-order valence-corrected chi connectivity index (χ0v) is 9.55. The highest BCUT2D eigenvalue weighted by atomic mass is 16.2. The van der Waals surface area contributed by atoms with Crippen LogP contribution in [-0.2, 0) is 4.79 Å². The maximum absolute atomic E-state index is 12.1. The highest BCUT2D eigenvalue weighted by Crippen LogP contribution is 2.47. The smallest absolute Gasteiger partial charge is 0.228 e. The molecule has 0 radical (unpaired) electrons. The summed E-state index contributed by atoms with van der Waals surface area (Å²) in [6, 6.07) is 0. The summed E-state index contributed by atoms with van der Waals surface area (Å²) < 4.78 is 0. The zero-order valence-electron chi connectivity index (χ0n) is 9.55. The third kappa shape index (κ3) is 1.55. The van der Waals surface area contributed by atoms with Crippen molar-refractivity contribution in [2.24, 2.45) is 17.3 Å². The van der Waals surface area contributed by atoms with Gasteiger partial charge in [0.25, 0.3) is 0 Å². The summed E-state index contributed by atoms with van der Waals surface area (Å²) in [5.74, 6) is 1.85. The fraction of sp³-hybridized carbons (Fsp3) is 0.917. The molecule has 1 aliphatic carbocycles. The average Bonchev–Trinajstić information content (AvgIpc) is 2.79. The molecule has 1 saturated carbocycles. The van der Waals surface area contributed by atoms with Gasteiger partial charge in [-0.2, -0.15) is 0 Å². The number of carbonyl (C=O) groups excluding carboxylic acids is 1. The summed E-state index contributed by atoms with van der Waals surface area (Å²) >= 11 is 0. The van der Waals surface area contributed by atoms with E-state index in [2.05, 4.69) is 25.7 Å². The zero-order chi connectivity index (χ0) is 10.3. The lowest BCUT2D eigenvalue weighted by atomic mass is 9.96. The number of likely N-dealkylation sites (tertiary alicyclic amines) is 1. The topological polar surface area (TPSA) is 20.3 Å². The largest absolute Gasteiger partial charge is 0.342 e. The van der Waals surface area contributed by atoms with Crippen LogP contribution in [0.2, 0.25) is 0 Å². The fourth-order valence-electron chi connectivity index (χ4n) is 2.51. The van der Waals surface area contributed by atoms with E-state index in [4.69, 9.17) is 0 Å². The van der Waals surface area contributed by atoms with Crippen LogP contribution in [0.15, 0.2) is 0 Å². The summed E-state index contributed by atoms with van der Waals surface area (Å²) in [5.41, 5.74) is 0.0301. The molecule has 0 spiro atoms. The SMILES string of the molecule is CC[C@H]1CN(C(=O)C2(C)CC2)C[C@H]1C. The normalized spacial score (nSPS) is 34.6. The van der Waals surface area contributed by atoms with Gasteiger partial charge in [0.1, 0.15) is 0 Å². The molecule has 2 aliphatic rings. The molecule has 0 bridgehead atoms. The molecule has 0 N–H and O–H groups in total. The minimum Gasteiger partial charge on any atom is -0.342 e. The monoisotopic (exact) mass is 195 g/mol. The van der Waals surface area contributed by atoms with Gasteiger partial charge >= 0.3 is 0 Å². The van der Waals surface area contributed by atoms with Gasteiger partial charge in [0.15, 0.2) is 0 Å². The number of hydrogen-bond acceptors (Lipinski definition) is 1. The predicted octanol–water partition coefficient (Wildman–Crippen LogP) is 2.29. The molecule has 0 unspecified atom stereocenters. The molecule has 1 aliphatic heterocycles. The van der Waals surface area contributed by atoms with Crippen LogP contribution in [0.25, 0.3) is 0 Å². The second kappa shape index (κ2) is 3.25. The highest BCUT2D eigenvalue weighted by Gasteiger charge is 2.48. The van der Waals surface area contributed by atoms with E-state index >= 15 is 0 Å². The molecule has 80 valence electrons. The minimum absolute atomic E-state index is 0.0301. The van der Waals surface area contributed by atoms with E-state index < -0.39 is 0 Å². The molecular formula is C12H21NO. The van der Waals surface area contributed by atoms with Crippen molar-refractivity contribution < 1.29 is 4.79 Å². The number of rotatable bonds is 2. The Morgan fingerprint density at radius 3 is 2.50 bits per heavy atom. The maximum Gasteiger partial charge on any atom is 0.228 e. The third-order valence-electron chi connectivity index (χ3n) is 4.10. The van der Waals surface area contributed by atoms with E-state index in [0.29, 0.717) is 11.8 Å². The first-order valence-corrected chi connectivity index (χ1v) is 5.86. The second-order valence-corrected chi connectivity index (χ2v) is 5.42. The van der Waals surface area contributed by atoms with Crippen molar-refractivity contribution >= 4 is 5.91 Å². The van der Waals surface area contributed by atoms with Gasteiger partial charge in [-0.3, -0.25) is 4.79 Å². The minimum atomic E-state index is 0.0301. The predicted molar refractivity (Wildman–Crippen MR) is 56.9 cm³/mol. The first kappa shape index (κ1) is 10.0. The van der Waals surface area contributed by atoms with Crippen molar-refractivity contribution in [2.75, 3.05) is 13.1 Å². The van der Waals surface area contributed by atoms with Crippen molar-refractivity contribution in [1.82, 2.24) is 4.90 Å². The highest BCUT2D eigenvalue weighted by molar-refractivity contribution is 5.85. The number of nitrogens with zero attached hydrogens (tertiary/aromatic N) is 1. The number of hydrogen-bond donors (Lipinski definition) is 0. The molecule has 0 aromatic carbocycles. The van der Waals surface area contributed by atoms with Gasteiger partial charge in [-0.05, 0) is 24.7 Å². The Morgan fingerprint density at radius 1 is 1.43 bits per heavy atom. The van der Waals surface area contributed by atoms with Crippen LogP contribution in [0.1, 0.15) is 40.0 Å². The molecule has 2 rings (SSSR count). The molecule has 2 heteroatoms. The summed E-state index contributed by atoms with van der Waals surface area (Å²) in [4.78, 5) is 14.2. The third-order valence-corrected chi connectivity index (χ3v) is 4.10. The van der Waals surface area contributed by atoms with Gasteiger partial charge in [-0.15, -0.1) is 0 Å². The Hall–Kier alpha value is -0.530. The summed E-state index contributed by atoms with van der Waals surface area (Å²) in [7, 11) is 0. The van der Waals surface area contributed by atoms with Gasteiger partial charge in [-0.25, -0.2) is 0 Å². The summed E-state index contributed by atoms with van der Waals surface area (Å²) in [6.45, 7) is 8.61. The van der Waals surface area contributed by atoms with E-state index in [1.807, 2.05) is 0 Å². The molecule has 2 atom stereocenters. The van der Waals surface area contributed by atoms with Gasteiger partial charge < -0.3 is 4.90 Å². The molecule has 0 aromatic heterocycles. The summed E-state index contributed by atoms with van der Waals surface area (Å²) in [5, 5.41) is 0. The van der Waals surface area contributed by atoms with Crippen molar-refractivity contribution in [1.29, 1.82) is 0 Å². The molecule has 0 aromatic rings. The van der Waals surface area contributed by atoms with Crippen molar-refractivity contribution in [3.63, 3.8) is 0 Å². The Kier molecular flexibility index (Phi) is 2.32. The van der Waals surface area contributed by atoms with Gasteiger partial charge in [-0.1, -0.05) is 27.2 Å². The van der Waals surface area contributed by atoms with Crippen LogP contribution < -0.4 is 0 Å². The Morgan fingerprint density at radius 2 is 2.07 bits per heavy atom. The summed E-state index contributed by atoms with van der Waals surface area (Å²) in [6.07, 6.45) is 3.42. The lowest BCUT2D eigenvalue weighted by Crippen LogP contribution is -2.34.